The van der Waals surface area contributed by atoms with E-state index in [1.807, 2.05) is 0 Å². The Balaban J connectivity index is 2.66. The lowest BCUT2D eigenvalue weighted by Crippen LogP contribution is -2.40. The molecule has 1 N–H and O–H groups in total. The molecule has 0 aromatic heterocycles. The average molecular weight is 209 g/mol. The Morgan fingerprint density at radius 1 is 1.14 bits per heavy atom. The van der Waals surface area contributed by atoms with Crippen molar-refractivity contribution < 1.29 is 13.2 Å². The predicted molar refractivity (Wildman–Crippen MR) is 50.0 cm³/mol. The molecule has 84 valence electrons. The summed E-state index contributed by atoms with van der Waals surface area (Å²) < 4.78 is 38.2. The van der Waals surface area contributed by atoms with E-state index < -0.39 is 12.1 Å². The van der Waals surface area contributed by atoms with E-state index in [0.717, 1.165) is 13.1 Å². The summed E-state index contributed by atoms with van der Waals surface area (Å²) >= 11 is 0. The molecule has 1 nitrogen and oxygen atoms in total. The first-order valence-electron chi connectivity index (χ1n) is 5.20. The highest BCUT2D eigenvalue weighted by atomic mass is 19.4. The zero-order valence-electron chi connectivity index (χ0n) is 8.69. The standard InChI is InChI=1S/C10H18F3N/c1-7(2)9(10(11,12)13)8-3-5-14-6-4-8/h7-9,14H,3-6H2,1-2H3. The van der Waals surface area contributed by atoms with Crippen LogP contribution in [0.3, 0.4) is 0 Å². The summed E-state index contributed by atoms with van der Waals surface area (Å²) in [5.41, 5.74) is 0. The third kappa shape index (κ3) is 2.87. The SMILES string of the molecule is CC(C)C(C1CCNCC1)C(F)(F)F. The minimum atomic E-state index is -4.03. The lowest BCUT2D eigenvalue weighted by molar-refractivity contribution is -0.203. The second-order valence-electron chi connectivity index (χ2n) is 4.40. The van der Waals surface area contributed by atoms with Gasteiger partial charge in [0.05, 0.1) is 5.92 Å². The molecule has 0 bridgehead atoms. The Bertz CT molecular complexity index is 171. The molecule has 1 aliphatic heterocycles. The van der Waals surface area contributed by atoms with Crippen molar-refractivity contribution in [3.8, 4) is 0 Å². The van der Waals surface area contributed by atoms with E-state index in [1.54, 1.807) is 13.8 Å². The van der Waals surface area contributed by atoms with Crippen molar-refractivity contribution in [3.05, 3.63) is 0 Å². The summed E-state index contributed by atoms with van der Waals surface area (Å²) in [6.07, 6.45) is -2.72. The zero-order chi connectivity index (χ0) is 10.8. The number of hydrogen-bond donors (Lipinski definition) is 1. The van der Waals surface area contributed by atoms with Crippen molar-refractivity contribution in [1.82, 2.24) is 5.32 Å². The molecule has 1 heterocycles. The number of halogens is 3. The minimum absolute atomic E-state index is 0.184. The van der Waals surface area contributed by atoms with E-state index in [2.05, 4.69) is 5.32 Å². The van der Waals surface area contributed by atoms with Crippen molar-refractivity contribution in [3.63, 3.8) is 0 Å². The smallest absolute Gasteiger partial charge is 0.317 e. The van der Waals surface area contributed by atoms with Gasteiger partial charge in [0.25, 0.3) is 0 Å². The second kappa shape index (κ2) is 4.51. The summed E-state index contributed by atoms with van der Waals surface area (Å²) in [4.78, 5) is 0. The van der Waals surface area contributed by atoms with E-state index in [9.17, 15) is 13.2 Å². The normalized spacial score (nSPS) is 22.7. The highest BCUT2D eigenvalue weighted by molar-refractivity contribution is 4.82. The molecule has 0 aliphatic carbocycles. The van der Waals surface area contributed by atoms with E-state index in [4.69, 9.17) is 0 Å². The second-order valence-corrected chi connectivity index (χ2v) is 4.40. The van der Waals surface area contributed by atoms with Crippen LogP contribution in [0.1, 0.15) is 26.7 Å². The highest BCUT2D eigenvalue weighted by Gasteiger charge is 2.46. The number of hydrogen-bond acceptors (Lipinski definition) is 1. The van der Waals surface area contributed by atoms with Crippen LogP contribution in [0.4, 0.5) is 13.2 Å². The maximum absolute atomic E-state index is 12.7. The largest absolute Gasteiger partial charge is 0.392 e. The molecule has 0 spiro atoms. The fourth-order valence-corrected chi connectivity index (χ4v) is 2.39. The van der Waals surface area contributed by atoms with Crippen molar-refractivity contribution in [2.45, 2.75) is 32.9 Å². The first-order chi connectivity index (χ1) is 6.43. The average Bonchev–Trinajstić information content (AvgIpc) is 2.02. The fraction of sp³-hybridized carbons (Fsp3) is 1.00. The Morgan fingerprint density at radius 3 is 2.00 bits per heavy atom. The van der Waals surface area contributed by atoms with E-state index in [-0.39, 0.29) is 11.8 Å². The number of piperidine rings is 1. The van der Waals surface area contributed by atoms with E-state index >= 15 is 0 Å². The van der Waals surface area contributed by atoms with Crippen molar-refractivity contribution in [1.29, 1.82) is 0 Å². The third-order valence-corrected chi connectivity index (χ3v) is 2.99. The Morgan fingerprint density at radius 2 is 1.64 bits per heavy atom. The van der Waals surface area contributed by atoms with E-state index in [1.165, 1.54) is 0 Å². The zero-order valence-corrected chi connectivity index (χ0v) is 8.69. The predicted octanol–water partition coefficient (Wildman–Crippen LogP) is 2.82. The Hall–Kier alpha value is -0.250. The summed E-state index contributed by atoms with van der Waals surface area (Å²) in [6.45, 7) is 4.79. The van der Waals surface area contributed by atoms with Gasteiger partial charge in [-0.3, -0.25) is 0 Å². The molecule has 1 unspecified atom stereocenters. The van der Waals surface area contributed by atoms with E-state index in [0.29, 0.717) is 12.8 Å². The summed E-state index contributed by atoms with van der Waals surface area (Å²) in [5.74, 6) is -1.61. The van der Waals surface area contributed by atoms with Gasteiger partial charge in [-0.1, -0.05) is 13.8 Å². The molecule has 0 aromatic carbocycles. The van der Waals surface area contributed by atoms with Crippen LogP contribution < -0.4 is 5.32 Å². The van der Waals surface area contributed by atoms with Gasteiger partial charge < -0.3 is 5.32 Å². The van der Waals surface area contributed by atoms with Crippen molar-refractivity contribution in [2.24, 2.45) is 17.8 Å². The highest BCUT2D eigenvalue weighted by Crippen LogP contribution is 2.40. The fourth-order valence-electron chi connectivity index (χ4n) is 2.39. The maximum Gasteiger partial charge on any atom is 0.392 e. The molecule has 1 atom stereocenters. The van der Waals surface area contributed by atoms with Gasteiger partial charge >= 0.3 is 6.18 Å². The van der Waals surface area contributed by atoms with Crippen LogP contribution in [-0.2, 0) is 0 Å². The lowest BCUT2D eigenvalue weighted by atomic mass is 9.78. The van der Waals surface area contributed by atoms with Crippen LogP contribution >= 0.6 is 0 Å². The molecule has 0 aromatic rings. The topological polar surface area (TPSA) is 12.0 Å². The van der Waals surface area contributed by atoms with Crippen LogP contribution in [0, 0.1) is 17.8 Å². The van der Waals surface area contributed by atoms with Crippen LogP contribution in [0.2, 0.25) is 0 Å². The molecule has 14 heavy (non-hydrogen) atoms. The lowest BCUT2D eigenvalue weighted by Gasteiger charge is -2.34. The molecule has 4 heteroatoms. The number of alkyl halides is 3. The minimum Gasteiger partial charge on any atom is -0.317 e. The molecular formula is C10H18F3N. The van der Waals surface area contributed by atoms with Gasteiger partial charge in [-0.05, 0) is 37.8 Å². The summed E-state index contributed by atoms with van der Waals surface area (Å²) in [7, 11) is 0. The number of nitrogens with one attached hydrogen (secondary N) is 1. The maximum atomic E-state index is 12.7. The number of rotatable bonds is 2. The van der Waals surface area contributed by atoms with Crippen LogP contribution in [-0.4, -0.2) is 19.3 Å². The van der Waals surface area contributed by atoms with Gasteiger partial charge in [-0.25, -0.2) is 0 Å². The molecular weight excluding hydrogens is 191 g/mol. The van der Waals surface area contributed by atoms with Gasteiger partial charge in [-0.15, -0.1) is 0 Å². The first-order valence-corrected chi connectivity index (χ1v) is 5.20. The molecule has 0 saturated carbocycles. The molecule has 1 fully saturated rings. The van der Waals surface area contributed by atoms with Gasteiger partial charge in [0.15, 0.2) is 0 Å². The van der Waals surface area contributed by atoms with Gasteiger partial charge in [0.2, 0.25) is 0 Å². The summed E-state index contributed by atoms with van der Waals surface area (Å²) in [6, 6.07) is 0. The van der Waals surface area contributed by atoms with Crippen molar-refractivity contribution >= 4 is 0 Å². The van der Waals surface area contributed by atoms with Crippen molar-refractivity contribution in [2.75, 3.05) is 13.1 Å². The monoisotopic (exact) mass is 209 g/mol. The van der Waals surface area contributed by atoms with Crippen LogP contribution in [0.5, 0.6) is 0 Å². The Kier molecular flexibility index (Phi) is 3.81. The van der Waals surface area contributed by atoms with Crippen LogP contribution in [0.15, 0.2) is 0 Å². The van der Waals surface area contributed by atoms with Gasteiger partial charge in [-0.2, -0.15) is 13.2 Å². The molecule has 1 aliphatic rings. The third-order valence-electron chi connectivity index (χ3n) is 2.99. The molecule has 1 rings (SSSR count). The first kappa shape index (κ1) is 11.8. The van der Waals surface area contributed by atoms with Gasteiger partial charge in [0, 0.05) is 0 Å². The Labute approximate surface area is 83.1 Å². The molecule has 0 amide bonds. The molecule has 0 radical (unpaired) electrons. The van der Waals surface area contributed by atoms with Gasteiger partial charge in [0.1, 0.15) is 0 Å². The van der Waals surface area contributed by atoms with Crippen LogP contribution in [0.25, 0.3) is 0 Å². The summed E-state index contributed by atoms with van der Waals surface area (Å²) in [5, 5.41) is 3.09. The quantitative estimate of drug-likeness (QED) is 0.737. The molecule has 1 saturated heterocycles.